The first-order valence-corrected chi connectivity index (χ1v) is 8.62. The van der Waals surface area contributed by atoms with Crippen molar-refractivity contribution in [1.29, 1.82) is 0 Å². The van der Waals surface area contributed by atoms with Crippen LogP contribution in [0.5, 0.6) is 0 Å². The Morgan fingerprint density at radius 1 is 1.09 bits per heavy atom. The largest absolute Gasteiger partial charge is 0.0695 e. The molecule has 0 aromatic carbocycles. The zero-order chi connectivity index (χ0) is 8.32. The second-order valence-corrected chi connectivity index (χ2v) is 10.6. The molecule has 0 N–H and O–H groups in total. The van der Waals surface area contributed by atoms with Crippen LogP contribution in [0.4, 0.5) is 0 Å². The van der Waals surface area contributed by atoms with E-state index < -0.39 is 8.07 Å². The third kappa shape index (κ3) is 3.95. The molecule has 0 aromatic heterocycles. The summed E-state index contributed by atoms with van der Waals surface area (Å²) in [5.41, 5.74) is 0. The number of hydrogen-bond acceptors (Lipinski definition) is 0. The lowest BCUT2D eigenvalue weighted by atomic mass is 10.1. The van der Waals surface area contributed by atoms with Gasteiger partial charge in [-0.15, -0.1) is 0 Å². The minimum atomic E-state index is -0.746. The fourth-order valence-corrected chi connectivity index (χ4v) is 2.78. The molecular weight excluding hydrogens is 148 g/mol. The molecule has 0 saturated heterocycles. The quantitative estimate of drug-likeness (QED) is 0.563. The van der Waals surface area contributed by atoms with Crippen molar-refractivity contribution in [3.63, 3.8) is 0 Å². The molecule has 11 heavy (non-hydrogen) atoms. The Hall–Kier alpha value is 0.217. The molecule has 1 aliphatic carbocycles. The first-order chi connectivity index (χ1) is 5.08. The third-order valence-electron chi connectivity index (χ3n) is 2.54. The summed E-state index contributed by atoms with van der Waals surface area (Å²) >= 11 is 0. The predicted octanol–water partition coefficient (Wildman–Crippen LogP) is 3.86. The van der Waals surface area contributed by atoms with Gasteiger partial charge in [0.1, 0.15) is 0 Å². The van der Waals surface area contributed by atoms with Crippen molar-refractivity contribution in [3.05, 3.63) is 5.92 Å². The zero-order valence-corrected chi connectivity index (χ0v) is 9.24. The van der Waals surface area contributed by atoms with Gasteiger partial charge in [0.2, 0.25) is 0 Å². The summed E-state index contributed by atoms with van der Waals surface area (Å²) in [5.74, 6) is 1.87. The summed E-state index contributed by atoms with van der Waals surface area (Å²) in [4.78, 5) is 0. The van der Waals surface area contributed by atoms with Crippen molar-refractivity contribution >= 4 is 8.07 Å². The van der Waals surface area contributed by atoms with E-state index >= 15 is 0 Å². The van der Waals surface area contributed by atoms with Gasteiger partial charge in [-0.3, -0.25) is 0 Å². The maximum absolute atomic E-state index is 2.47. The summed E-state index contributed by atoms with van der Waals surface area (Å²) in [6, 6.07) is 1.52. The highest BCUT2D eigenvalue weighted by molar-refractivity contribution is 6.76. The van der Waals surface area contributed by atoms with Crippen molar-refractivity contribution in [2.24, 2.45) is 0 Å². The lowest BCUT2D eigenvalue weighted by Gasteiger charge is -2.17. The molecule has 0 aromatic rings. The third-order valence-corrected chi connectivity index (χ3v) is 4.29. The molecule has 65 valence electrons. The van der Waals surface area contributed by atoms with Crippen molar-refractivity contribution in [2.75, 3.05) is 0 Å². The van der Waals surface area contributed by atoms with E-state index in [0.717, 1.165) is 0 Å². The topological polar surface area (TPSA) is 0 Å². The fourth-order valence-electron chi connectivity index (χ4n) is 1.68. The molecule has 0 nitrogen and oxygen atoms in total. The highest BCUT2D eigenvalue weighted by atomic mass is 28.3. The van der Waals surface area contributed by atoms with Crippen LogP contribution in [0.2, 0.25) is 25.7 Å². The Kier molecular flexibility index (Phi) is 3.17. The van der Waals surface area contributed by atoms with Crippen LogP contribution in [0.1, 0.15) is 32.1 Å². The second kappa shape index (κ2) is 3.75. The molecule has 0 heterocycles. The van der Waals surface area contributed by atoms with Crippen molar-refractivity contribution in [3.8, 4) is 0 Å². The van der Waals surface area contributed by atoms with Crippen molar-refractivity contribution in [1.82, 2.24) is 0 Å². The number of rotatable bonds is 3. The standard InChI is InChI=1S/C10H21Si/c1-11(2,3)9-8-10-6-4-5-7-10/h4-9H2,1-3H3. The Bertz CT molecular complexity index is 107. The van der Waals surface area contributed by atoms with Gasteiger partial charge in [-0.1, -0.05) is 38.5 Å². The van der Waals surface area contributed by atoms with E-state index in [4.69, 9.17) is 0 Å². The number of hydrogen-bond donors (Lipinski definition) is 0. The highest BCUT2D eigenvalue weighted by Crippen LogP contribution is 2.32. The van der Waals surface area contributed by atoms with E-state index in [1.54, 1.807) is 0 Å². The van der Waals surface area contributed by atoms with Crippen LogP contribution in [0.3, 0.4) is 0 Å². The van der Waals surface area contributed by atoms with Crippen LogP contribution in [-0.4, -0.2) is 8.07 Å². The summed E-state index contributed by atoms with van der Waals surface area (Å²) in [7, 11) is -0.746. The lowest BCUT2D eigenvalue weighted by molar-refractivity contribution is 0.805. The molecule has 0 bridgehead atoms. The summed E-state index contributed by atoms with van der Waals surface area (Å²) in [6.07, 6.45) is 7.30. The van der Waals surface area contributed by atoms with E-state index in [0.29, 0.717) is 0 Å². The van der Waals surface area contributed by atoms with Gasteiger partial charge in [0, 0.05) is 8.07 Å². The van der Waals surface area contributed by atoms with E-state index in [9.17, 15) is 0 Å². The van der Waals surface area contributed by atoms with E-state index in [-0.39, 0.29) is 0 Å². The minimum Gasteiger partial charge on any atom is -0.0695 e. The maximum atomic E-state index is 2.47. The molecule has 1 aliphatic rings. The zero-order valence-electron chi connectivity index (χ0n) is 8.24. The van der Waals surface area contributed by atoms with Gasteiger partial charge < -0.3 is 0 Å². The lowest BCUT2D eigenvalue weighted by Crippen LogP contribution is -2.19. The maximum Gasteiger partial charge on any atom is 0.0442 e. The van der Waals surface area contributed by atoms with Crippen molar-refractivity contribution < 1.29 is 0 Å². The molecule has 1 heteroatoms. The molecular formula is C10H21Si. The van der Waals surface area contributed by atoms with Gasteiger partial charge in [-0.05, 0) is 25.2 Å². The van der Waals surface area contributed by atoms with Crippen molar-refractivity contribution in [2.45, 2.75) is 57.8 Å². The van der Waals surface area contributed by atoms with Gasteiger partial charge in [0.05, 0.1) is 0 Å². The van der Waals surface area contributed by atoms with Gasteiger partial charge in [0.25, 0.3) is 0 Å². The normalized spacial score (nSPS) is 21.0. The molecule has 0 aliphatic heterocycles. The molecule has 0 atom stereocenters. The summed E-state index contributed by atoms with van der Waals surface area (Å²) < 4.78 is 0. The van der Waals surface area contributed by atoms with E-state index in [1.807, 2.05) is 5.92 Å². The highest BCUT2D eigenvalue weighted by Gasteiger charge is 2.19. The summed E-state index contributed by atoms with van der Waals surface area (Å²) in [5, 5.41) is 0. The monoisotopic (exact) mass is 169 g/mol. The second-order valence-electron chi connectivity index (χ2n) is 5.02. The first-order valence-electron chi connectivity index (χ1n) is 4.91. The Labute approximate surface area is 72.4 Å². The van der Waals surface area contributed by atoms with Crippen LogP contribution in [0.15, 0.2) is 0 Å². The summed E-state index contributed by atoms with van der Waals surface area (Å²) in [6.45, 7) is 7.42. The van der Waals surface area contributed by atoms with Crippen LogP contribution >= 0.6 is 0 Å². The van der Waals surface area contributed by atoms with E-state index in [1.165, 1.54) is 38.1 Å². The minimum absolute atomic E-state index is 0.746. The van der Waals surface area contributed by atoms with Gasteiger partial charge in [-0.2, -0.15) is 0 Å². The molecule has 1 rings (SSSR count). The smallest absolute Gasteiger partial charge is 0.0442 e. The molecule has 0 unspecified atom stereocenters. The van der Waals surface area contributed by atoms with Gasteiger partial charge in [0.15, 0.2) is 0 Å². The van der Waals surface area contributed by atoms with Crippen LogP contribution < -0.4 is 0 Å². The fraction of sp³-hybridized carbons (Fsp3) is 0.900. The Morgan fingerprint density at radius 3 is 2.09 bits per heavy atom. The van der Waals surface area contributed by atoms with E-state index in [2.05, 4.69) is 19.6 Å². The molecule has 0 spiro atoms. The van der Waals surface area contributed by atoms with Crippen LogP contribution in [-0.2, 0) is 0 Å². The van der Waals surface area contributed by atoms with Crippen LogP contribution in [0, 0.1) is 5.92 Å². The Morgan fingerprint density at radius 2 is 1.64 bits per heavy atom. The van der Waals surface area contributed by atoms with Crippen LogP contribution in [0.25, 0.3) is 0 Å². The SMILES string of the molecule is C[Si](C)(C)CC[C]1CCCC1. The molecule has 1 saturated carbocycles. The Balaban J connectivity index is 2.11. The first kappa shape index (κ1) is 9.31. The molecule has 0 amide bonds. The average Bonchev–Trinajstić information content (AvgIpc) is 2.32. The van der Waals surface area contributed by atoms with Gasteiger partial charge >= 0.3 is 0 Å². The van der Waals surface area contributed by atoms with Gasteiger partial charge in [-0.25, -0.2) is 0 Å². The molecule has 1 fully saturated rings. The predicted molar refractivity (Wildman–Crippen MR) is 54.5 cm³/mol. The average molecular weight is 169 g/mol. The molecule has 1 radical (unpaired) electrons.